The van der Waals surface area contributed by atoms with Gasteiger partial charge in [0, 0.05) is 29.4 Å². The predicted octanol–water partition coefficient (Wildman–Crippen LogP) is -1.22. The molecule has 72 valence electrons. The first-order valence-corrected chi connectivity index (χ1v) is 10.6. The number of hydrogen-bond donors (Lipinski definition) is 2. The van der Waals surface area contributed by atoms with Gasteiger partial charge in [-0.3, -0.25) is 0 Å². The van der Waals surface area contributed by atoms with Crippen molar-refractivity contribution in [2.75, 3.05) is 14.2 Å². The third-order valence-corrected chi connectivity index (χ3v) is 17.4. The lowest BCUT2D eigenvalue weighted by Gasteiger charge is -2.35. The molecule has 1 rings (SSSR count). The van der Waals surface area contributed by atoms with Crippen molar-refractivity contribution in [3.05, 3.63) is 0 Å². The van der Waals surface area contributed by atoms with E-state index in [2.05, 4.69) is 0 Å². The molecule has 0 saturated carbocycles. The molecule has 0 aromatic rings. The highest BCUT2D eigenvalue weighted by Gasteiger charge is 2.50. The summed E-state index contributed by atoms with van der Waals surface area (Å²) in [5.74, 6) is 0. The van der Waals surface area contributed by atoms with Gasteiger partial charge in [-0.15, -0.1) is 0 Å². The Morgan fingerprint density at radius 2 is 1.75 bits per heavy atom. The van der Waals surface area contributed by atoms with Gasteiger partial charge in [0.15, 0.2) is 0 Å². The Morgan fingerprint density at radius 1 is 1.17 bits per heavy atom. The van der Waals surface area contributed by atoms with Crippen molar-refractivity contribution in [2.24, 2.45) is 0 Å². The number of rotatable bonds is 2. The van der Waals surface area contributed by atoms with Crippen molar-refractivity contribution in [2.45, 2.75) is 17.0 Å². The average molecular weight is 224 g/mol. The van der Waals surface area contributed by atoms with Crippen molar-refractivity contribution in [1.29, 1.82) is 0 Å². The van der Waals surface area contributed by atoms with E-state index in [9.17, 15) is 9.59 Å². The van der Waals surface area contributed by atoms with Gasteiger partial charge in [-0.2, -0.15) is 0 Å². The van der Waals surface area contributed by atoms with Gasteiger partial charge in [-0.25, -0.2) is 0 Å². The molecule has 0 aromatic heterocycles. The summed E-state index contributed by atoms with van der Waals surface area (Å²) in [5.41, 5.74) is 2.16. The zero-order valence-corrected chi connectivity index (χ0v) is 11.0. The summed E-state index contributed by atoms with van der Waals surface area (Å²) >= 11 is 0. The maximum Gasteiger partial charge on any atom is 0.336 e. The molecule has 12 heavy (non-hydrogen) atoms. The summed E-state index contributed by atoms with van der Waals surface area (Å²) in [7, 11) is -2.14. The van der Waals surface area contributed by atoms with E-state index in [0.29, 0.717) is 11.3 Å². The minimum atomic E-state index is -2.89. The highest BCUT2D eigenvalue weighted by molar-refractivity contribution is 6.96. The van der Waals surface area contributed by atoms with Gasteiger partial charge in [0.05, 0.1) is 0 Å². The van der Waals surface area contributed by atoms with Crippen LogP contribution in [0.4, 0.5) is 0 Å². The van der Waals surface area contributed by atoms with Crippen LogP contribution in [0.2, 0.25) is 17.0 Å². The smallest absolute Gasteiger partial charge is 0.336 e. The zero-order chi connectivity index (χ0) is 9.24. The summed E-state index contributed by atoms with van der Waals surface area (Å²) in [4.78, 5) is 19.2. The molecule has 7 heteroatoms. The van der Waals surface area contributed by atoms with Crippen LogP contribution in [0.3, 0.4) is 0 Å². The molecule has 2 N–H and O–H groups in total. The molecule has 1 fully saturated rings. The summed E-state index contributed by atoms with van der Waals surface area (Å²) < 4.78 is 10.7. The minimum absolute atomic E-state index is 0.348. The van der Waals surface area contributed by atoms with E-state index >= 15 is 0 Å². The van der Waals surface area contributed by atoms with E-state index in [-0.39, 0.29) is 9.52 Å². The lowest BCUT2D eigenvalue weighted by molar-refractivity contribution is 0.244. The van der Waals surface area contributed by atoms with E-state index in [0.717, 1.165) is 5.67 Å². The normalized spacial score (nSPS) is 29.0. The molecule has 0 radical (unpaired) electrons. The summed E-state index contributed by atoms with van der Waals surface area (Å²) in [6.45, 7) is 0. The molecule has 4 nitrogen and oxygen atoms in total. The van der Waals surface area contributed by atoms with Gasteiger partial charge >= 0.3 is 17.1 Å². The lowest BCUT2D eigenvalue weighted by Crippen LogP contribution is -2.56. The fourth-order valence-corrected chi connectivity index (χ4v) is 19.4. The second-order valence-electron chi connectivity index (χ2n) is 3.33. The fraction of sp³-hybridized carbons (Fsp3) is 1.00. The maximum atomic E-state index is 9.58. The molecule has 0 bridgehead atoms. The van der Waals surface area contributed by atoms with Crippen molar-refractivity contribution < 1.29 is 18.4 Å². The Bertz CT molecular complexity index is 159. The fourth-order valence-electron chi connectivity index (χ4n) is 1.68. The molecule has 0 aromatic carbocycles. The number of hydrogen-bond acceptors (Lipinski definition) is 4. The molecule has 0 amide bonds. The average Bonchev–Trinajstić information content (AvgIpc) is 2.02. The molecule has 0 spiro atoms. The molecule has 1 saturated heterocycles. The van der Waals surface area contributed by atoms with Gasteiger partial charge in [0.25, 0.3) is 0 Å². The van der Waals surface area contributed by atoms with Crippen molar-refractivity contribution >= 4 is 26.6 Å². The molecule has 1 aliphatic rings. The van der Waals surface area contributed by atoms with Crippen LogP contribution in [0.1, 0.15) is 0 Å². The Kier molecular flexibility index (Phi) is 3.26. The van der Waals surface area contributed by atoms with Crippen molar-refractivity contribution in [1.82, 2.24) is 0 Å². The van der Waals surface area contributed by atoms with Gasteiger partial charge < -0.3 is 18.4 Å². The first-order chi connectivity index (χ1) is 5.54. The van der Waals surface area contributed by atoms with Crippen LogP contribution < -0.4 is 0 Å². The molecule has 0 unspecified atom stereocenters. The van der Waals surface area contributed by atoms with E-state index in [1.807, 2.05) is 0 Å². The van der Waals surface area contributed by atoms with Crippen LogP contribution in [0.5, 0.6) is 0 Å². The maximum absolute atomic E-state index is 9.58. The summed E-state index contributed by atoms with van der Waals surface area (Å²) in [6.07, 6.45) is 0. The van der Waals surface area contributed by atoms with E-state index in [1.54, 1.807) is 14.2 Å². The van der Waals surface area contributed by atoms with Gasteiger partial charge in [0.2, 0.25) is 0 Å². The third-order valence-electron chi connectivity index (χ3n) is 2.43. The largest absolute Gasteiger partial charge is 0.411 e. The summed E-state index contributed by atoms with van der Waals surface area (Å²) in [5, 5.41) is 0. The van der Waals surface area contributed by atoms with Crippen LogP contribution in [-0.4, -0.2) is 50.5 Å². The standard InChI is InChI=1S/C5H16O4Si3/c1-8-12(9-2)4-10-3-11(6,7)5-12/h6-7H,3-5,10H2,1-2H3. The quantitative estimate of drug-likeness (QED) is 0.578. The van der Waals surface area contributed by atoms with E-state index < -0.39 is 17.1 Å². The van der Waals surface area contributed by atoms with Gasteiger partial charge in [0.1, 0.15) is 0 Å². The topological polar surface area (TPSA) is 58.9 Å². The van der Waals surface area contributed by atoms with Crippen LogP contribution in [0, 0.1) is 0 Å². The van der Waals surface area contributed by atoms with E-state index in [1.165, 1.54) is 0 Å². The van der Waals surface area contributed by atoms with Crippen molar-refractivity contribution in [3.63, 3.8) is 0 Å². The van der Waals surface area contributed by atoms with Crippen LogP contribution in [-0.2, 0) is 8.85 Å². The Labute approximate surface area is 76.8 Å². The Balaban J connectivity index is 2.65. The molecule has 1 aliphatic heterocycles. The monoisotopic (exact) mass is 224 g/mol. The Morgan fingerprint density at radius 3 is 2.08 bits per heavy atom. The Hall–Kier alpha value is 0.491. The first-order valence-electron chi connectivity index (χ1n) is 4.09. The third kappa shape index (κ3) is 2.25. The first kappa shape index (κ1) is 10.6. The van der Waals surface area contributed by atoms with Crippen molar-refractivity contribution in [3.8, 4) is 0 Å². The molecular weight excluding hydrogens is 208 g/mol. The second-order valence-corrected chi connectivity index (χ2v) is 14.1. The highest BCUT2D eigenvalue weighted by Crippen LogP contribution is 2.28. The highest BCUT2D eigenvalue weighted by atomic mass is 28.5. The molecule has 0 aliphatic carbocycles. The van der Waals surface area contributed by atoms with Gasteiger partial charge in [-0.1, -0.05) is 0 Å². The van der Waals surface area contributed by atoms with Crippen LogP contribution in [0.15, 0.2) is 0 Å². The van der Waals surface area contributed by atoms with Crippen LogP contribution in [0.25, 0.3) is 0 Å². The van der Waals surface area contributed by atoms with E-state index in [4.69, 9.17) is 8.85 Å². The SMILES string of the molecule is CO[Si]1(OC)C[SiH2]C[Si](O)(O)C1. The molecule has 1 heterocycles. The predicted molar refractivity (Wildman–Crippen MR) is 52.9 cm³/mol. The minimum Gasteiger partial charge on any atom is -0.411 e. The lowest BCUT2D eigenvalue weighted by atomic mass is 11.7. The summed E-state index contributed by atoms with van der Waals surface area (Å²) in [6, 6.07) is 0. The second kappa shape index (κ2) is 3.70. The molecule has 0 atom stereocenters. The molecular formula is C5H16O4Si3. The zero-order valence-electron chi connectivity index (χ0n) is 7.54. The van der Waals surface area contributed by atoms with Gasteiger partial charge in [-0.05, 0) is 11.3 Å². The van der Waals surface area contributed by atoms with Crippen LogP contribution >= 0.6 is 0 Å².